The minimum Gasteiger partial charge on any atom is -0.308 e. The van der Waals surface area contributed by atoms with Crippen LogP contribution >= 0.6 is 11.3 Å². The molecule has 250 valence electrons. The number of hydrogen-bond donors (Lipinski definition) is 0. The van der Waals surface area contributed by atoms with Crippen molar-refractivity contribution in [3.8, 4) is 22.3 Å². The van der Waals surface area contributed by atoms with E-state index >= 15 is 0 Å². The van der Waals surface area contributed by atoms with Gasteiger partial charge in [-0.25, -0.2) is 0 Å². The average molecular weight is 686 g/mol. The minimum atomic E-state index is 0.603. The van der Waals surface area contributed by atoms with Gasteiger partial charge in [-0.3, -0.25) is 0 Å². The van der Waals surface area contributed by atoms with Crippen molar-refractivity contribution in [1.29, 1.82) is 0 Å². The zero-order valence-corrected chi connectivity index (χ0v) is 30.0. The number of thiophene rings is 1. The van der Waals surface area contributed by atoms with E-state index in [4.69, 9.17) is 0 Å². The largest absolute Gasteiger partial charge is 0.308 e. The van der Waals surface area contributed by atoms with E-state index in [1.165, 1.54) is 113 Å². The lowest BCUT2D eigenvalue weighted by molar-refractivity contribution is 0.445. The van der Waals surface area contributed by atoms with Crippen LogP contribution in [0.5, 0.6) is 0 Å². The van der Waals surface area contributed by atoms with Crippen LogP contribution in [0.2, 0.25) is 0 Å². The van der Waals surface area contributed by atoms with Crippen LogP contribution in [0.15, 0.2) is 170 Å². The molecular weight excluding hydrogens is 647 g/mol. The molecule has 52 heavy (non-hydrogen) atoms. The first kappa shape index (κ1) is 31.1. The maximum atomic E-state index is 2.53. The van der Waals surface area contributed by atoms with Crippen molar-refractivity contribution in [3.63, 3.8) is 0 Å². The van der Waals surface area contributed by atoms with Gasteiger partial charge in [-0.05, 0) is 92.9 Å². The van der Waals surface area contributed by atoms with Crippen molar-refractivity contribution < 1.29 is 0 Å². The average Bonchev–Trinajstić information content (AvgIpc) is 3.61. The van der Waals surface area contributed by atoms with Gasteiger partial charge in [0, 0.05) is 26.7 Å². The molecule has 0 spiro atoms. The Bertz CT molecular complexity index is 2740. The van der Waals surface area contributed by atoms with Crippen molar-refractivity contribution in [2.24, 2.45) is 0 Å². The molecule has 8 aromatic carbocycles. The van der Waals surface area contributed by atoms with Gasteiger partial charge in [-0.1, -0.05) is 159 Å². The Kier molecular flexibility index (Phi) is 7.84. The van der Waals surface area contributed by atoms with Crippen LogP contribution in [0.1, 0.15) is 43.6 Å². The number of benzene rings is 8. The number of rotatable bonds is 6. The summed E-state index contributed by atoms with van der Waals surface area (Å²) in [4.78, 5) is 2.53. The van der Waals surface area contributed by atoms with E-state index in [0.29, 0.717) is 5.92 Å². The first-order valence-corrected chi connectivity index (χ1v) is 19.5. The Hall–Kier alpha value is -5.70. The van der Waals surface area contributed by atoms with E-state index < -0.39 is 0 Å². The molecule has 0 aliphatic heterocycles. The number of para-hydroxylation sites is 1. The highest BCUT2D eigenvalue weighted by molar-refractivity contribution is 7.26. The molecule has 0 N–H and O–H groups in total. The second-order valence-corrected chi connectivity index (χ2v) is 15.3. The molecule has 0 amide bonds. The van der Waals surface area contributed by atoms with Crippen LogP contribution in [0, 0.1) is 0 Å². The highest BCUT2D eigenvalue weighted by atomic mass is 32.1. The van der Waals surface area contributed by atoms with Crippen LogP contribution in [0.4, 0.5) is 17.1 Å². The molecule has 0 bridgehead atoms. The normalized spacial score (nSPS) is 13.7. The van der Waals surface area contributed by atoms with Gasteiger partial charge in [0.1, 0.15) is 0 Å². The summed E-state index contributed by atoms with van der Waals surface area (Å²) in [5.41, 5.74) is 10.1. The van der Waals surface area contributed by atoms with Gasteiger partial charge in [0.05, 0.1) is 16.1 Å². The molecule has 0 radical (unpaired) electrons. The minimum absolute atomic E-state index is 0.603. The molecule has 2 heteroatoms. The maximum absolute atomic E-state index is 2.53. The van der Waals surface area contributed by atoms with E-state index in [9.17, 15) is 0 Å². The quantitative estimate of drug-likeness (QED) is 0.168. The second-order valence-electron chi connectivity index (χ2n) is 14.3. The lowest BCUT2D eigenvalue weighted by Gasteiger charge is -2.30. The van der Waals surface area contributed by atoms with Crippen molar-refractivity contribution in [2.75, 3.05) is 4.90 Å². The predicted octanol–water partition coefficient (Wildman–Crippen LogP) is 15.2. The van der Waals surface area contributed by atoms with Gasteiger partial charge in [0.15, 0.2) is 0 Å². The van der Waals surface area contributed by atoms with Crippen LogP contribution in [-0.2, 0) is 0 Å². The fraction of sp³-hybridized carbons (Fsp3) is 0.120. The topological polar surface area (TPSA) is 3.24 Å². The molecule has 1 fully saturated rings. The Morgan fingerprint density at radius 3 is 2.00 bits per heavy atom. The highest BCUT2D eigenvalue weighted by Crippen LogP contribution is 2.49. The van der Waals surface area contributed by atoms with Crippen molar-refractivity contribution in [2.45, 2.75) is 38.0 Å². The molecule has 10 rings (SSSR count). The van der Waals surface area contributed by atoms with Crippen LogP contribution in [-0.4, -0.2) is 0 Å². The molecule has 0 saturated heterocycles. The Balaban J connectivity index is 1.24. The zero-order chi connectivity index (χ0) is 34.4. The van der Waals surface area contributed by atoms with Crippen LogP contribution in [0.25, 0.3) is 64.0 Å². The lowest BCUT2D eigenvalue weighted by atomic mass is 9.80. The number of anilines is 3. The van der Waals surface area contributed by atoms with E-state index in [-0.39, 0.29) is 0 Å². The molecule has 1 aromatic heterocycles. The lowest BCUT2D eigenvalue weighted by Crippen LogP contribution is -2.12. The summed E-state index contributed by atoms with van der Waals surface area (Å²) in [6.07, 6.45) is 6.54. The molecule has 0 atom stereocenters. The third-order valence-electron chi connectivity index (χ3n) is 11.2. The van der Waals surface area contributed by atoms with E-state index in [2.05, 4.69) is 175 Å². The molecule has 1 aliphatic carbocycles. The van der Waals surface area contributed by atoms with Crippen molar-refractivity contribution in [1.82, 2.24) is 0 Å². The SMILES string of the molecule is c1cc(-c2cccc3ccccc23)cc(N(c2ccccc2-c2cccc3cccc(C4CCCCC4)c23)c2cccc3c2sc2ccccc23)c1. The first-order chi connectivity index (χ1) is 25.8. The van der Waals surface area contributed by atoms with Gasteiger partial charge in [0.2, 0.25) is 0 Å². The van der Waals surface area contributed by atoms with Crippen molar-refractivity contribution in [3.05, 3.63) is 175 Å². The highest BCUT2D eigenvalue weighted by Gasteiger charge is 2.24. The Morgan fingerprint density at radius 1 is 0.462 bits per heavy atom. The van der Waals surface area contributed by atoms with Crippen LogP contribution < -0.4 is 4.90 Å². The van der Waals surface area contributed by atoms with E-state index in [1.54, 1.807) is 0 Å². The van der Waals surface area contributed by atoms with Gasteiger partial charge in [-0.2, -0.15) is 0 Å². The van der Waals surface area contributed by atoms with Gasteiger partial charge >= 0.3 is 0 Å². The smallest absolute Gasteiger partial charge is 0.0640 e. The molecule has 1 aliphatic rings. The monoisotopic (exact) mass is 685 g/mol. The van der Waals surface area contributed by atoms with Crippen LogP contribution in [0.3, 0.4) is 0 Å². The number of hydrogen-bond acceptors (Lipinski definition) is 2. The predicted molar refractivity (Wildman–Crippen MR) is 226 cm³/mol. The maximum Gasteiger partial charge on any atom is 0.0640 e. The summed E-state index contributed by atoms with van der Waals surface area (Å²) < 4.78 is 2.61. The van der Waals surface area contributed by atoms with Gasteiger partial charge in [0.25, 0.3) is 0 Å². The molecule has 1 saturated carbocycles. The van der Waals surface area contributed by atoms with Crippen molar-refractivity contribution >= 4 is 70.1 Å². The van der Waals surface area contributed by atoms with E-state index in [1.807, 2.05) is 11.3 Å². The Morgan fingerprint density at radius 2 is 1.10 bits per heavy atom. The van der Waals surface area contributed by atoms with Gasteiger partial charge in [-0.15, -0.1) is 11.3 Å². The molecule has 0 unspecified atom stereocenters. The zero-order valence-electron chi connectivity index (χ0n) is 29.1. The summed E-state index contributed by atoms with van der Waals surface area (Å²) in [6.45, 7) is 0. The number of fused-ring (bicyclic) bond motifs is 5. The molecule has 1 nitrogen and oxygen atoms in total. The fourth-order valence-corrected chi connectivity index (χ4v) is 10.1. The first-order valence-electron chi connectivity index (χ1n) is 18.7. The second kappa shape index (κ2) is 13.1. The summed E-state index contributed by atoms with van der Waals surface area (Å²) in [5, 5.41) is 7.88. The van der Waals surface area contributed by atoms with Gasteiger partial charge < -0.3 is 4.90 Å². The fourth-order valence-electron chi connectivity index (χ4n) is 8.85. The van der Waals surface area contributed by atoms with E-state index in [0.717, 1.165) is 5.69 Å². The summed E-state index contributed by atoms with van der Waals surface area (Å²) in [7, 11) is 0. The Labute approximate surface area is 309 Å². The summed E-state index contributed by atoms with van der Waals surface area (Å²) in [5.74, 6) is 0.603. The summed E-state index contributed by atoms with van der Waals surface area (Å²) in [6, 6.07) is 63.2. The molecule has 1 heterocycles. The standard InChI is InChI=1S/C50H39NS/c1-2-15-35(16-3-1)41-27-12-19-36-20-13-28-44(49(36)41)42-24-6-8-30-46(42)51(47-31-14-29-45-43-25-7-9-32-48(43)52-50(45)47)38-22-10-21-37(33-38)40-26-11-18-34-17-4-5-23-39(34)40/h4-14,17-33,35H,1-3,15-16H2. The number of nitrogens with zero attached hydrogens (tertiary/aromatic N) is 1. The summed E-state index contributed by atoms with van der Waals surface area (Å²) >= 11 is 1.89. The third-order valence-corrected chi connectivity index (χ3v) is 12.5. The third kappa shape index (κ3) is 5.29. The molecular formula is C50H39NS. The molecule has 9 aromatic rings.